The van der Waals surface area contributed by atoms with Gasteiger partial charge in [-0.2, -0.15) is 0 Å². The Labute approximate surface area is 73.8 Å². The van der Waals surface area contributed by atoms with Crippen molar-refractivity contribution in [3.05, 3.63) is 12.2 Å². The zero-order chi connectivity index (χ0) is 9.56. The van der Waals surface area contributed by atoms with Crippen LogP contribution in [0.2, 0.25) is 0 Å². The number of carbonyl (C=O) groups is 1. The van der Waals surface area contributed by atoms with Crippen LogP contribution < -0.4 is 11.5 Å². The lowest BCUT2D eigenvalue weighted by Gasteiger charge is -2.14. The van der Waals surface area contributed by atoms with Crippen LogP contribution in [0.25, 0.3) is 0 Å². The second kappa shape index (κ2) is 5.77. The molecule has 3 heteroatoms. The molecule has 1 unspecified atom stereocenters. The predicted molar refractivity (Wildman–Crippen MR) is 50.4 cm³/mol. The smallest absolute Gasteiger partial charge is 0.244 e. The quantitative estimate of drug-likeness (QED) is 0.579. The summed E-state index contributed by atoms with van der Waals surface area (Å²) in [5, 5.41) is 0. The van der Waals surface area contributed by atoms with Crippen LogP contribution in [0.3, 0.4) is 0 Å². The third kappa shape index (κ3) is 3.53. The van der Waals surface area contributed by atoms with Crippen LogP contribution in [0.1, 0.15) is 26.2 Å². The fourth-order valence-corrected chi connectivity index (χ4v) is 1.19. The maximum atomic E-state index is 10.8. The van der Waals surface area contributed by atoms with Gasteiger partial charge in [0.2, 0.25) is 5.91 Å². The number of hydrogen-bond donors (Lipinski definition) is 2. The summed E-state index contributed by atoms with van der Waals surface area (Å²) >= 11 is 0. The molecular formula is C9H18N2O. The summed E-state index contributed by atoms with van der Waals surface area (Å²) in [7, 11) is 0. The molecule has 0 aromatic heterocycles. The average molecular weight is 170 g/mol. The first-order valence-corrected chi connectivity index (χ1v) is 4.32. The summed E-state index contributed by atoms with van der Waals surface area (Å²) in [5.41, 5.74) is 11.0. The largest absolute Gasteiger partial charge is 0.366 e. The van der Waals surface area contributed by atoms with Crippen molar-refractivity contribution >= 4 is 5.91 Å². The number of rotatable bonds is 6. The molecule has 0 heterocycles. The van der Waals surface area contributed by atoms with Crippen LogP contribution in [0.5, 0.6) is 0 Å². The Morgan fingerprint density at radius 3 is 2.50 bits per heavy atom. The van der Waals surface area contributed by atoms with Crippen molar-refractivity contribution in [1.29, 1.82) is 0 Å². The minimum Gasteiger partial charge on any atom is -0.366 e. The van der Waals surface area contributed by atoms with Gasteiger partial charge in [-0.1, -0.05) is 13.5 Å². The molecule has 1 amide bonds. The Morgan fingerprint density at radius 2 is 2.17 bits per heavy atom. The highest BCUT2D eigenvalue weighted by atomic mass is 16.1. The first kappa shape index (κ1) is 11.2. The molecule has 0 aliphatic rings. The molecule has 0 aromatic carbocycles. The van der Waals surface area contributed by atoms with E-state index in [9.17, 15) is 4.79 Å². The molecule has 0 bridgehead atoms. The molecule has 0 aliphatic carbocycles. The second-order valence-electron chi connectivity index (χ2n) is 2.93. The lowest BCUT2D eigenvalue weighted by molar-refractivity contribution is -0.115. The zero-order valence-corrected chi connectivity index (χ0v) is 7.68. The van der Waals surface area contributed by atoms with E-state index >= 15 is 0 Å². The van der Waals surface area contributed by atoms with E-state index in [1.807, 2.05) is 6.92 Å². The van der Waals surface area contributed by atoms with Crippen LogP contribution in [0.15, 0.2) is 12.2 Å². The first-order chi connectivity index (χ1) is 5.63. The molecule has 0 aromatic rings. The molecule has 0 spiro atoms. The van der Waals surface area contributed by atoms with Gasteiger partial charge in [0.1, 0.15) is 0 Å². The van der Waals surface area contributed by atoms with Gasteiger partial charge in [0.05, 0.1) is 0 Å². The minimum absolute atomic E-state index is 0.214. The summed E-state index contributed by atoms with van der Waals surface area (Å²) in [6, 6.07) is 0. The molecule has 0 fully saturated rings. The van der Waals surface area contributed by atoms with E-state index in [1.165, 1.54) is 0 Å². The lowest BCUT2D eigenvalue weighted by atomic mass is 9.92. The van der Waals surface area contributed by atoms with E-state index in [1.54, 1.807) is 0 Å². The van der Waals surface area contributed by atoms with Crippen molar-refractivity contribution in [1.82, 2.24) is 0 Å². The molecule has 0 rings (SSSR count). The van der Waals surface area contributed by atoms with Gasteiger partial charge in [0, 0.05) is 5.57 Å². The van der Waals surface area contributed by atoms with Crippen LogP contribution in [0, 0.1) is 5.92 Å². The van der Waals surface area contributed by atoms with Crippen LogP contribution in [-0.2, 0) is 4.79 Å². The van der Waals surface area contributed by atoms with Gasteiger partial charge in [0.15, 0.2) is 0 Å². The van der Waals surface area contributed by atoms with Crippen molar-refractivity contribution in [3.8, 4) is 0 Å². The van der Waals surface area contributed by atoms with E-state index in [4.69, 9.17) is 11.5 Å². The van der Waals surface area contributed by atoms with E-state index < -0.39 is 0 Å². The van der Waals surface area contributed by atoms with Crippen molar-refractivity contribution < 1.29 is 4.79 Å². The van der Waals surface area contributed by atoms with Gasteiger partial charge in [-0.15, -0.1) is 0 Å². The van der Waals surface area contributed by atoms with Gasteiger partial charge in [0.25, 0.3) is 0 Å². The SMILES string of the molecule is C=C(C(N)=O)C(CC)CCCN. The summed E-state index contributed by atoms with van der Waals surface area (Å²) in [6.45, 7) is 6.34. The average Bonchev–Trinajstić information content (AvgIpc) is 2.05. The van der Waals surface area contributed by atoms with Gasteiger partial charge in [-0.25, -0.2) is 0 Å². The highest BCUT2D eigenvalue weighted by Gasteiger charge is 2.13. The van der Waals surface area contributed by atoms with Gasteiger partial charge in [-0.05, 0) is 31.7 Å². The van der Waals surface area contributed by atoms with Gasteiger partial charge in [-0.3, -0.25) is 4.79 Å². The fourth-order valence-electron chi connectivity index (χ4n) is 1.19. The lowest BCUT2D eigenvalue weighted by Crippen LogP contribution is -2.20. The van der Waals surface area contributed by atoms with Crippen LogP contribution in [0.4, 0.5) is 0 Å². The highest BCUT2D eigenvalue weighted by molar-refractivity contribution is 5.91. The number of carbonyl (C=O) groups excluding carboxylic acids is 1. The number of hydrogen-bond acceptors (Lipinski definition) is 2. The molecule has 0 saturated heterocycles. The molecule has 70 valence electrons. The summed E-state index contributed by atoms with van der Waals surface area (Å²) in [6.07, 6.45) is 2.74. The van der Waals surface area contributed by atoms with Crippen LogP contribution in [-0.4, -0.2) is 12.5 Å². The number of amides is 1. The molecule has 0 saturated carbocycles. The van der Waals surface area contributed by atoms with Crippen molar-refractivity contribution in [3.63, 3.8) is 0 Å². The van der Waals surface area contributed by atoms with Gasteiger partial charge >= 0.3 is 0 Å². The van der Waals surface area contributed by atoms with E-state index in [2.05, 4.69) is 6.58 Å². The third-order valence-electron chi connectivity index (χ3n) is 2.06. The molecule has 12 heavy (non-hydrogen) atoms. The van der Waals surface area contributed by atoms with Crippen molar-refractivity contribution in [2.75, 3.05) is 6.54 Å². The normalized spacial score (nSPS) is 12.5. The molecule has 0 aliphatic heterocycles. The molecule has 0 radical (unpaired) electrons. The molecule has 1 atom stereocenters. The first-order valence-electron chi connectivity index (χ1n) is 4.32. The maximum absolute atomic E-state index is 10.8. The molecule has 4 N–H and O–H groups in total. The predicted octanol–water partition coefficient (Wildman–Crippen LogP) is 0.793. The van der Waals surface area contributed by atoms with Gasteiger partial charge < -0.3 is 11.5 Å². The number of nitrogens with two attached hydrogens (primary N) is 2. The number of primary amides is 1. The van der Waals surface area contributed by atoms with Crippen LogP contribution >= 0.6 is 0 Å². The Bertz CT molecular complexity index is 166. The summed E-state index contributed by atoms with van der Waals surface area (Å²) in [5.74, 6) is -0.176. The standard InChI is InChI=1S/C9H18N2O/c1-3-8(5-4-6-10)7(2)9(11)12/h8H,2-6,10H2,1H3,(H2,11,12). The molecule has 3 nitrogen and oxygen atoms in total. The summed E-state index contributed by atoms with van der Waals surface area (Å²) in [4.78, 5) is 10.8. The topological polar surface area (TPSA) is 69.1 Å². The zero-order valence-electron chi connectivity index (χ0n) is 7.68. The fraction of sp³-hybridized carbons (Fsp3) is 0.667. The molecular weight excluding hydrogens is 152 g/mol. The van der Waals surface area contributed by atoms with E-state index in [-0.39, 0.29) is 11.8 Å². The highest BCUT2D eigenvalue weighted by Crippen LogP contribution is 2.18. The van der Waals surface area contributed by atoms with Crippen molar-refractivity contribution in [2.45, 2.75) is 26.2 Å². The second-order valence-corrected chi connectivity index (χ2v) is 2.93. The van der Waals surface area contributed by atoms with E-state index in [0.29, 0.717) is 12.1 Å². The van der Waals surface area contributed by atoms with E-state index in [0.717, 1.165) is 19.3 Å². The minimum atomic E-state index is -0.390. The Hall–Kier alpha value is -0.830. The Balaban J connectivity index is 3.96. The third-order valence-corrected chi connectivity index (χ3v) is 2.06. The maximum Gasteiger partial charge on any atom is 0.244 e. The van der Waals surface area contributed by atoms with Crippen molar-refractivity contribution in [2.24, 2.45) is 17.4 Å². The Morgan fingerprint density at radius 1 is 1.58 bits per heavy atom. The Kier molecular flexibility index (Phi) is 5.37. The summed E-state index contributed by atoms with van der Waals surface area (Å²) < 4.78 is 0. The monoisotopic (exact) mass is 170 g/mol.